The van der Waals surface area contributed by atoms with Gasteiger partial charge in [0.1, 0.15) is 17.1 Å². The molecule has 30 heavy (non-hydrogen) atoms. The Balaban J connectivity index is 1.89. The van der Waals surface area contributed by atoms with Gasteiger partial charge in [-0.1, -0.05) is 12.2 Å². The van der Waals surface area contributed by atoms with Crippen LogP contribution in [0, 0.1) is 11.8 Å². The van der Waals surface area contributed by atoms with E-state index in [2.05, 4.69) is 10.6 Å². The molecule has 0 radical (unpaired) electrons. The molecule has 2 saturated carbocycles. The zero-order valence-corrected chi connectivity index (χ0v) is 17.9. The molecule has 11 heteroatoms. The van der Waals surface area contributed by atoms with Crippen LogP contribution in [0.4, 0.5) is 4.79 Å². The van der Waals surface area contributed by atoms with Gasteiger partial charge in [0.2, 0.25) is 15.9 Å². The average Bonchev–Trinajstić information content (AvgIpc) is 3.57. The largest absolute Gasteiger partial charge is 0.396 e. The Morgan fingerprint density at radius 1 is 1.33 bits per heavy atom. The van der Waals surface area contributed by atoms with E-state index in [9.17, 15) is 27.9 Å². The summed E-state index contributed by atoms with van der Waals surface area (Å²) in [6, 6.07) is -1.40. The smallest absolute Gasteiger partial charge is 0.317 e. The first-order valence-corrected chi connectivity index (χ1v) is 11.8. The fourth-order valence-electron chi connectivity index (χ4n) is 4.51. The van der Waals surface area contributed by atoms with E-state index in [0.29, 0.717) is 19.3 Å². The van der Waals surface area contributed by atoms with Gasteiger partial charge in [-0.25, -0.2) is 18.4 Å². The van der Waals surface area contributed by atoms with Crippen LogP contribution in [-0.2, 0) is 19.6 Å². The Bertz CT molecular complexity index is 846. The van der Waals surface area contributed by atoms with Gasteiger partial charge in [0.05, 0.1) is 5.54 Å². The van der Waals surface area contributed by atoms with E-state index in [4.69, 9.17) is 5.14 Å². The number of carbonyl (C=O) groups excluding carboxylic acids is 3. The topological polar surface area (TPSA) is 159 Å². The van der Waals surface area contributed by atoms with Gasteiger partial charge in [-0.05, 0) is 38.5 Å². The second kappa shape index (κ2) is 8.27. The number of aldehydes is 1. The number of nitrogens with two attached hydrogens (primary N) is 1. The molecule has 0 spiro atoms. The van der Waals surface area contributed by atoms with Crippen molar-refractivity contribution in [2.45, 2.75) is 54.9 Å². The number of sulfonamides is 1. The molecule has 5 unspecified atom stereocenters. The van der Waals surface area contributed by atoms with Crippen molar-refractivity contribution in [3.63, 3.8) is 0 Å². The maximum atomic E-state index is 13.0. The Morgan fingerprint density at radius 3 is 2.67 bits per heavy atom. The van der Waals surface area contributed by atoms with Crippen LogP contribution in [0.1, 0.15) is 38.5 Å². The first-order chi connectivity index (χ1) is 14.1. The maximum Gasteiger partial charge on any atom is 0.317 e. The molecule has 1 heterocycles. The number of carbonyl (C=O) groups is 3. The van der Waals surface area contributed by atoms with Crippen molar-refractivity contribution < 1.29 is 27.9 Å². The van der Waals surface area contributed by atoms with Crippen LogP contribution in [0.5, 0.6) is 0 Å². The molecule has 0 saturated heterocycles. The van der Waals surface area contributed by atoms with Crippen molar-refractivity contribution in [2.75, 3.05) is 20.2 Å². The van der Waals surface area contributed by atoms with Gasteiger partial charge in [-0.15, -0.1) is 0 Å². The highest BCUT2D eigenvalue weighted by atomic mass is 32.2. The van der Waals surface area contributed by atoms with Crippen LogP contribution >= 0.6 is 0 Å². The van der Waals surface area contributed by atoms with Crippen molar-refractivity contribution in [3.05, 3.63) is 12.2 Å². The van der Waals surface area contributed by atoms with Crippen LogP contribution in [0.3, 0.4) is 0 Å². The van der Waals surface area contributed by atoms with Crippen LogP contribution in [-0.4, -0.2) is 73.2 Å². The number of nitrogens with zero attached hydrogens (tertiary/aromatic N) is 1. The summed E-state index contributed by atoms with van der Waals surface area (Å²) in [6.45, 7) is 0.232. The average molecular weight is 443 g/mol. The van der Waals surface area contributed by atoms with E-state index in [0.717, 1.165) is 19.3 Å². The summed E-state index contributed by atoms with van der Waals surface area (Å²) in [5.41, 5.74) is -0.907. The normalized spacial score (nSPS) is 37.4. The van der Waals surface area contributed by atoms with E-state index in [1.54, 1.807) is 7.05 Å². The third kappa shape index (κ3) is 4.10. The molecule has 0 bridgehead atoms. The number of fused-ring (bicyclic) bond motifs is 1. The van der Waals surface area contributed by atoms with Crippen molar-refractivity contribution in [2.24, 2.45) is 17.0 Å². The SMILES string of the molecule is CN1CCCCC=CC2CC2(C2CC2(C=O)S(N)(=O)=O)NC(=O)C(CCO)NC1=O. The Kier molecular flexibility index (Phi) is 6.26. The maximum absolute atomic E-state index is 13.0. The van der Waals surface area contributed by atoms with Gasteiger partial charge in [-0.3, -0.25) is 4.79 Å². The number of allylic oxidation sites excluding steroid dienone is 1. The highest BCUT2D eigenvalue weighted by molar-refractivity contribution is 7.91. The lowest BCUT2D eigenvalue weighted by molar-refractivity contribution is -0.124. The monoisotopic (exact) mass is 442 g/mol. The highest BCUT2D eigenvalue weighted by Gasteiger charge is 2.77. The van der Waals surface area contributed by atoms with Crippen molar-refractivity contribution in [3.8, 4) is 0 Å². The number of hydrogen-bond donors (Lipinski definition) is 4. The minimum atomic E-state index is -4.13. The van der Waals surface area contributed by atoms with Gasteiger partial charge in [0.25, 0.3) is 0 Å². The number of rotatable bonds is 5. The first-order valence-electron chi connectivity index (χ1n) is 10.2. The first kappa shape index (κ1) is 22.7. The fraction of sp³-hybridized carbons (Fsp3) is 0.737. The third-order valence-corrected chi connectivity index (χ3v) is 8.19. The number of aliphatic hydroxyl groups is 1. The predicted molar refractivity (Wildman–Crippen MR) is 109 cm³/mol. The molecule has 3 rings (SSSR count). The van der Waals surface area contributed by atoms with Gasteiger partial charge in [0.15, 0.2) is 0 Å². The third-order valence-electron chi connectivity index (χ3n) is 6.58. The lowest BCUT2D eigenvalue weighted by atomic mass is 10.0. The van der Waals surface area contributed by atoms with E-state index in [1.165, 1.54) is 4.90 Å². The molecule has 0 aromatic heterocycles. The van der Waals surface area contributed by atoms with Crippen molar-refractivity contribution >= 4 is 28.2 Å². The minimum Gasteiger partial charge on any atom is -0.396 e. The fourth-order valence-corrected chi connectivity index (χ4v) is 5.65. The lowest BCUT2D eigenvalue weighted by Crippen LogP contribution is -2.55. The number of aliphatic hydroxyl groups excluding tert-OH is 1. The number of primary sulfonamides is 1. The molecule has 2 fully saturated rings. The second-order valence-electron chi connectivity index (χ2n) is 8.57. The zero-order chi connectivity index (χ0) is 22.2. The van der Waals surface area contributed by atoms with Crippen LogP contribution < -0.4 is 15.8 Å². The summed E-state index contributed by atoms with van der Waals surface area (Å²) in [5, 5.41) is 20.2. The van der Waals surface area contributed by atoms with Crippen LogP contribution in [0.25, 0.3) is 0 Å². The molecular formula is C19H30N4O6S. The summed E-state index contributed by atoms with van der Waals surface area (Å²) >= 11 is 0. The van der Waals surface area contributed by atoms with Crippen molar-refractivity contribution in [1.29, 1.82) is 0 Å². The minimum absolute atomic E-state index is 0.0146. The number of hydrogen-bond acceptors (Lipinski definition) is 6. The summed E-state index contributed by atoms with van der Waals surface area (Å²) < 4.78 is 22.4. The molecule has 5 N–H and O–H groups in total. The van der Waals surface area contributed by atoms with Gasteiger partial charge >= 0.3 is 6.03 Å². The van der Waals surface area contributed by atoms with Crippen molar-refractivity contribution in [1.82, 2.24) is 15.5 Å². The highest BCUT2D eigenvalue weighted by Crippen LogP contribution is 2.65. The summed E-state index contributed by atoms with van der Waals surface area (Å²) in [7, 11) is -2.49. The zero-order valence-electron chi connectivity index (χ0n) is 17.0. The van der Waals surface area contributed by atoms with Crippen LogP contribution in [0.15, 0.2) is 12.2 Å². The molecule has 0 aromatic carbocycles. The second-order valence-corrected chi connectivity index (χ2v) is 10.4. The van der Waals surface area contributed by atoms with Crippen LogP contribution in [0.2, 0.25) is 0 Å². The molecule has 10 nitrogen and oxygen atoms in total. The van der Waals surface area contributed by atoms with Gasteiger partial charge < -0.3 is 25.4 Å². The summed E-state index contributed by atoms with van der Waals surface area (Å²) in [4.78, 5) is 38.6. The summed E-state index contributed by atoms with van der Waals surface area (Å²) in [6.07, 6.45) is 7.36. The molecule has 2 aliphatic carbocycles. The van der Waals surface area contributed by atoms with E-state index >= 15 is 0 Å². The number of amides is 3. The molecule has 168 valence electrons. The molecule has 3 amide bonds. The molecule has 3 aliphatic rings. The van der Waals surface area contributed by atoms with E-state index in [-0.39, 0.29) is 25.4 Å². The Morgan fingerprint density at radius 2 is 2.07 bits per heavy atom. The Hall–Kier alpha value is -1.98. The molecule has 5 atom stereocenters. The van der Waals surface area contributed by atoms with Gasteiger partial charge in [-0.2, -0.15) is 0 Å². The van der Waals surface area contributed by atoms with E-state index < -0.39 is 44.2 Å². The van der Waals surface area contributed by atoms with Gasteiger partial charge in [0, 0.05) is 32.0 Å². The summed E-state index contributed by atoms with van der Waals surface area (Å²) in [5.74, 6) is -1.26. The molecule has 0 aromatic rings. The molecule has 1 aliphatic heterocycles. The standard InChI is InChI=1S/C19H30N4O6S/c1-23-8-5-3-2-4-6-13-10-19(13,15-11-18(15,12-25)30(20,28)29)22-16(26)14(7-9-24)21-17(23)27/h4,6,12-15,24H,2-3,5,7-11H2,1H3,(H,21,27)(H,22,26)(H2,20,28,29). The van der Waals surface area contributed by atoms with E-state index in [1.807, 2.05) is 12.2 Å². The Labute approximate surface area is 176 Å². The number of nitrogens with one attached hydrogen (secondary N) is 2. The lowest BCUT2D eigenvalue weighted by Gasteiger charge is -2.27. The number of urea groups is 1. The quantitative estimate of drug-likeness (QED) is 0.323. The predicted octanol–water partition coefficient (Wildman–Crippen LogP) is -0.760. The molecular weight excluding hydrogens is 412 g/mol.